The highest BCUT2D eigenvalue weighted by Crippen LogP contribution is 2.08. The Kier molecular flexibility index (Phi) is 6.41. The largest absolute Gasteiger partial charge is 0.391 e. The van der Waals surface area contributed by atoms with E-state index in [9.17, 15) is 0 Å². The number of hydrogen-bond donors (Lipinski definition) is 0. The molecule has 1 aromatic carbocycles. The van der Waals surface area contributed by atoms with Gasteiger partial charge in [0.2, 0.25) is 0 Å². The molecule has 0 bridgehead atoms. The van der Waals surface area contributed by atoms with Crippen molar-refractivity contribution >= 4 is 30.4 Å². The quantitative estimate of drug-likeness (QED) is 0.593. The molecule has 0 aliphatic rings. The number of rotatable bonds is 6. The van der Waals surface area contributed by atoms with Gasteiger partial charge in [-0.1, -0.05) is 40.2 Å². The Morgan fingerprint density at radius 2 is 1.59 bits per heavy atom. The summed E-state index contributed by atoms with van der Waals surface area (Å²) < 4.78 is 12.0. The van der Waals surface area contributed by atoms with E-state index in [-0.39, 0.29) is 12.2 Å². The minimum atomic E-state index is -1.79. The molecule has 0 amide bonds. The first-order chi connectivity index (χ1) is 8.04. The van der Waals surface area contributed by atoms with Crippen LogP contribution in [-0.2, 0) is 14.2 Å². The summed E-state index contributed by atoms with van der Waals surface area (Å²) in [5.41, 5.74) is 1.27. The highest BCUT2D eigenvalue weighted by Gasteiger charge is 2.22. The molecule has 1 aromatic rings. The molecule has 0 N–H and O–H groups in total. The van der Waals surface area contributed by atoms with Crippen molar-refractivity contribution in [3.63, 3.8) is 0 Å². The third kappa shape index (κ3) is 4.92. The summed E-state index contributed by atoms with van der Waals surface area (Å²) >= 11 is 3.52. The van der Waals surface area contributed by atoms with Crippen molar-refractivity contribution in [1.82, 2.24) is 0 Å². The monoisotopic (exact) mass is 316 g/mol. The lowest BCUT2D eigenvalue weighted by atomic mass is 10.2. The van der Waals surface area contributed by atoms with Gasteiger partial charge < -0.3 is 8.85 Å². The van der Waals surface area contributed by atoms with Crippen LogP contribution in [0.25, 0.3) is 0 Å². The Balaban J connectivity index is 2.94. The van der Waals surface area contributed by atoms with Gasteiger partial charge in [0, 0.05) is 17.5 Å². The number of halogens is 1. The van der Waals surface area contributed by atoms with Crippen LogP contribution >= 0.6 is 15.9 Å². The second kappa shape index (κ2) is 7.31. The highest BCUT2D eigenvalue weighted by atomic mass is 79.9. The standard InChI is InChI=1S/C13H21BrO2Si/c1-10(2)15-17(16-11(3)4)13-8-6-5-7-12(13)9-14/h5-8,10-11,17H,9H2,1-4H3. The van der Waals surface area contributed by atoms with Gasteiger partial charge in [0.25, 0.3) is 0 Å². The molecule has 0 fully saturated rings. The fourth-order valence-corrected chi connectivity index (χ4v) is 4.48. The van der Waals surface area contributed by atoms with Crippen LogP contribution in [0.1, 0.15) is 33.3 Å². The first-order valence-electron chi connectivity index (χ1n) is 5.99. The highest BCUT2D eigenvalue weighted by molar-refractivity contribution is 9.08. The minimum Gasteiger partial charge on any atom is -0.391 e. The topological polar surface area (TPSA) is 18.5 Å². The van der Waals surface area contributed by atoms with Gasteiger partial charge in [-0.2, -0.15) is 0 Å². The fourth-order valence-electron chi connectivity index (χ4n) is 1.56. The Morgan fingerprint density at radius 1 is 1.06 bits per heavy atom. The Bertz CT molecular complexity index is 332. The summed E-state index contributed by atoms with van der Waals surface area (Å²) in [5.74, 6) is 0. The fraction of sp³-hybridized carbons (Fsp3) is 0.538. The molecule has 0 heterocycles. The van der Waals surface area contributed by atoms with E-state index in [0.717, 1.165) is 5.33 Å². The van der Waals surface area contributed by atoms with Crippen LogP contribution in [-0.4, -0.2) is 21.5 Å². The van der Waals surface area contributed by atoms with Gasteiger partial charge in [-0.05, 0) is 38.4 Å². The van der Waals surface area contributed by atoms with Gasteiger partial charge >= 0.3 is 9.28 Å². The predicted octanol–water partition coefficient (Wildman–Crippen LogP) is 2.86. The smallest absolute Gasteiger partial charge is 0.356 e. The zero-order valence-electron chi connectivity index (χ0n) is 10.9. The third-order valence-electron chi connectivity index (χ3n) is 2.24. The average Bonchev–Trinajstić information content (AvgIpc) is 2.27. The second-order valence-electron chi connectivity index (χ2n) is 4.53. The number of alkyl halides is 1. The van der Waals surface area contributed by atoms with Crippen LogP contribution in [0.2, 0.25) is 0 Å². The van der Waals surface area contributed by atoms with Gasteiger partial charge in [0.15, 0.2) is 0 Å². The molecule has 0 aromatic heterocycles. The number of benzene rings is 1. The maximum absolute atomic E-state index is 5.99. The van der Waals surface area contributed by atoms with Crippen LogP contribution in [0.15, 0.2) is 24.3 Å². The molecule has 17 heavy (non-hydrogen) atoms. The Morgan fingerprint density at radius 3 is 2.06 bits per heavy atom. The lowest BCUT2D eigenvalue weighted by molar-refractivity contribution is 0.139. The van der Waals surface area contributed by atoms with Gasteiger partial charge in [0.1, 0.15) is 0 Å². The molecule has 1 rings (SSSR count). The Hall–Kier alpha value is -0.163. The molecule has 96 valence electrons. The van der Waals surface area contributed by atoms with E-state index in [1.165, 1.54) is 10.8 Å². The summed E-state index contributed by atoms with van der Waals surface area (Å²) in [5, 5.41) is 2.09. The van der Waals surface area contributed by atoms with E-state index in [0.29, 0.717) is 0 Å². The molecule has 2 nitrogen and oxygen atoms in total. The van der Waals surface area contributed by atoms with Crippen molar-refractivity contribution in [2.24, 2.45) is 0 Å². The van der Waals surface area contributed by atoms with Crippen LogP contribution in [0.4, 0.5) is 0 Å². The molecule has 0 radical (unpaired) electrons. The zero-order valence-corrected chi connectivity index (χ0v) is 13.7. The van der Waals surface area contributed by atoms with Crippen LogP contribution in [0.3, 0.4) is 0 Å². The first-order valence-corrected chi connectivity index (χ1v) is 8.63. The van der Waals surface area contributed by atoms with Gasteiger partial charge in [-0.3, -0.25) is 0 Å². The first kappa shape index (κ1) is 14.9. The van der Waals surface area contributed by atoms with Crippen molar-refractivity contribution < 1.29 is 8.85 Å². The molecule has 0 saturated carbocycles. The molecule has 0 spiro atoms. The molecule has 0 unspecified atom stereocenters. The van der Waals surface area contributed by atoms with Crippen LogP contribution < -0.4 is 5.19 Å². The van der Waals surface area contributed by atoms with Crippen LogP contribution in [0, 0.1) is 0 Å². The molecule has 0 aliphatic carbocycles. The van der Waals surface area contributed by atoms with Gasteiger partial charge in [-0.15, -0.1) is 0 Å². The summed E-state index contributed by atoms with van der Waals surface area (Å²) in [6, 6.07) is 8.35. The van der Waals surface area contributed by atoms with Gasteiger partial charge in [-0.25, -0.2) is 0 Å². The van der Waals surface area contributed by atoms with Crippen molar-refractivity contribution in [2.75, 3.05) is 0 Å². The summed E-state index contributed by atoms with van der Waals surface area (Å²) in [4.78, 5) is 0. The lowest BCUT2D eigenvalue weighted by Gasteiger charge is -2.23. The van der Waals surface area contributed by atoms with E-state index < -0.39 is 9.28 Å². The van der Waals surface area contributed by atoms with E-state index in [1.54, 1.807) is 0 Å². The maximum atomic E-state index is 5.99. The van der Waals surface area contributed by atoms with E-state index in [4.69, 9.17) is 8.85 Å². The Labute approximate surface area is 114 Å². The summed E-state index contributed by atoms with van der Waals surface area (Å²) in [7, 11) is -1.79. The van der Waals surface area contributed by atoms with E-state index >= 15 is 0 Å². The van der Waals surface area contributed by atoms with Crippen molar-refractivity contribution in [1.29, 1.82) is 0 Å². The average molecular weight is 317 g/mol. The minimum absolute atomic E-state index is 0.203. The molecule has 0 saturated heterocycles. The van der Waals surface area contributed by atoms with Crippen molar-refractivity contribution in [3.05, 3.63) is 29.8 Å². The lowest BCUT2D eigenvalue weighted by Crippen LogP contribution is -2.42. The summed E-state index contributed by atoms with van der Waals surface area (Å²) in [6.45, 7) is 8.22. The molecular formula is C13H21BrO2Si. The SMILES string of the molecule is CC(C)O[SiH](OC(C)C)c1ccccc1CBr. The summed E-state index contributed by atoms with van der Waals surface area (Å²) in [6.07, 6.45) is 0.405. The van der Waals surface area contributed by atoms with Crippen molar-refractivity contribution in [2.45, 2.75) is 45.2 Å². The molecule has 0 atom stereocenters. The molecule has 4 heteroatoms. The van der Waals surface area contributed by atoms with Crippen LogP contribution in [0.5, 0.6) is 0 Å². The number of hydrogen-bond acceptors (Lipinski definition) is 2. The van der Waals surface area contributed by atoms with Gasteiger partial charge in [0.05, 0.1) is 0 Å². The van der Waals surface area contributed by atoms with Crippen molar-refractivity contribution in [3.8, 4) is 0 Å². The zero-order chi connectivity index (χ0) is 12.8. The third-order valence-corrected chi connectivity index (χ3v) is 5.50. The molecular weight excluding hydrogens is 296 g/mol. The van der Waals surface area contributed by atoms with E-state index in [2.05, 4.69) is 67.9 Å². The molecule has 0 aliphatic heterocycles. The predicted molar refractivity (Wildman–Crippen MR) is 78.3 cm³/mol. The normalized spacial score (nSPS) is 11.8. The maximum Gasteiger partial charge on any atom is 0.356 e. The second-order valence-corrected chi connectivity index (χ2v) is 6.92. The van der Waals surface area contributed by atoms with E-state index in [1.807, 2.05) is 0 Å².